The average molecular weight is 336 g/mol. The van der Waals surface area contributed by atoms with Gasteiger partial charge in [-0.25, -0.2) is 9.69 Å². The van der Waals surface area contributed by atoms with Crippen molar-refractivity contribution in [1.29, 1.82) is 0 Å². The summed E-state index contributed by atoms with van der Waals surface area (Å²) in [5.41, 5.74) is 1.03. The van der Waals surface area contributed by atoms with Crippen LogP contribution in [0.3, 0.4) is 0 Å². The lowest BCUT2D eigenvalue weighted by atomic mass is 10.0. The van der Waals surface area contributed by atoms with Crippen LogP contribution in [0.1, 0.15) is 25.8 Å². The van der Waals surface area contributed by atoms with Crippen molar-refractivity contribution < 1.29 is 24.2 Å². The van der Waals surface area contributed by atoms with Gasteiger partial charge in [0.2, 0.25) is 0 Å². The molecule has 0 unspecified atom stereocenters. The van der Waals surface area contributed by atoms with Crippen molar-refractivity contribution in [3.8, 4) is 5.75 Å². The molecule has 1 aromatic carbocycles. The number of imide groups is 1. The van der Waals surface area contributed by atoms with Crippen molar-refractivity contribution in [2.75, 3.05) is 13.9 Å². The van der Waals surface area contributed by atoms with Crippen LogP contribution < -0.4 is 10.1 Å². The summed E-state index contributed by atoms with van der Waals surface area (Å²) in [4.78, 5) is 25.7. The lowest BCUT2D eigenvalue weighted by molar-refractivity contribution is -0.152. The summed E-state index contributed by atoms with van der Waals surface area (Å²) in [7, 11) is 1.60. The average Bonchev–Trinajstić information content (AvgIpc) is 2.84. The molecule has 1 aromatic rings. The quantitative estimate of drug-likeness (QED) is 0.555. The minimum atomic E-state index is -0.774. The molecule has 0 saturated carbocycles. The Morgan fingerprint density at radius 1 is 1.33 bits per heavy atom. The number of carbonyl (C=O) groups excluding carboxylic acids is 2. The van der Waals surface area contributed by atoms with E-state index in [9.17, 15) is 9.59 Å². The fraction of sp³-hybridized carbons (Fsp3) is 0.529. The number of benzene rings is 1. The first-order valence-corrected chi connectivity index (χ1v) is 7.97. The van der Waals surface area contributed by atoms with Gasteiger partial charge in [0.05, 0.1) is 7.11 Å². The summed E-state index contributed by atoms with van der Waals surface area (Å²) in [5.74, 6) is 0.311. The number of aryl methyl sites for hydroxylation is 1. The first-order valence-electron chi connectivity index (χ1n) is 7.97. The Bertz CT molecular complexity index is 590. The third kappa shape index (κ3) is 4.04. The first kappa shape index (κ1) is 18.2. The predicted octanol–water partition coefficient (Wildman–Crippen LogP) is 1.50. The molecule has 7 heteroatoms. The van der Waals surface area contributed by atoms with E-state index in [1.54, 1.807) is 7.11 Å². The number of nitrogens with zero attached hydrogens (tertiary/aromatic N) is 1. The molecule has 1 fully saturated rings. The molecule has 2 rings (SSSR count). The Kier molecular flexibility index (Phi) is 6.16. The second kappa shape index (κ2) is 8.12. The number of ether oxygens (including phenoxy) is 2. The number of rotatable bonds is 8. The molecule has 2 atom stereocenters. The van der Waals surface area contributed by atoms with Crippen molar-refractivity contribution in [3.05, 3.63) is 29.8 Å². The topological polar surface area (TPSA) is 88.1 Å². The molecule has 7 nitrogen and oxygen atoms in total. The van der Waals surface area contributed by atoms with Gasteiger partial charge in [-0.1, -0.05) is 26.0 Å². The van der Waals surface area contributed by atoms with Crippen molar-refractivity contribution in [2.24, 2.45) is 5.92 Å². The van der Waals surface area contributed by atoms with E-state index in [2.05, 4.69) is 5.32 Å². The molecule has 1 aliphatic heterocycles. The zero-order chi connectivity index (χ0) is 17.7. The highest BCUT2D eigenvalue weighted by Crippen LogP contribution is 2.21. The van der Waals surface area contributed by atoms with Crippen molar-refractivity contribution in [2.45, 2.75) is 39.0 Å². The van der Waals surface area contributed by atoms with Crippen LogP contribution in [0.4, 0.5) is 4.79 Å². The molecular weight excluding hydrogens is 312 g/mol. The Morgan fingerprint density at radius 2 is 2.08 bits per heavy atom. The summed E-state index contributed by atoms with van der Waals surface area (Å²) in [6.45, 7) is 3.10. The van der Waals surface area contributed by atoms with Gasteiger partial charge in [-0.05, 0) is 36.5 Å². The van der Waals surface area contributed by atoms with Gasteiger partial charge < -0.3 is 19.9 Å². The molecule has 0 spiro atoms. The lowest BCUT2D eigenvalue weighted by Crippen LogP contribution is -2.45. The second-order valence-corrected chi connectivity index (χ2v) is 6.03. The zero-order valence-corrected chi connectivity index (χ0v) is 14.2. The van der Waals surface area contributed by atoms with Gasteiger partial charge in [0.1, 0.15) is 24.8 Å². The Balaban J connectivity index is 2.02. The minimum absolute atomic E-state index is 0.121. The van der Waals surface area contributed by atoms with Crippen LogP contribution in [0.15, 0.2) is 24.3 Å². The van der Waals surface area contributed by atoms with Crippen molar-refractivity contribution >= 4 is 11.9 Å². The third-order valence-electron chi connectivity index (χ3n) is 3.98. The maximum Gasteiger partial charge on any atom is 0.326 e. The number of hydrogen-bond donors (Lipinski definition) is 2. The molecule has 0 radical (unpaired) electrons. The molecule has 3 amide bonds. The first-order chi connectivity index (χ1) is 11.5. The monoisotopic (exact) mass is 336 g/mol. The second-order valence-electron chi connectivity index (χ2n) is 6.03. The highest BCUT2D eigenvalue weighted by Gasteiger charge is 2.43. The van der Waals surface area contributed by atoms with E-state index < -0.39 is 25.1 Å². The standard InChI is InChI=1S/C17H24N2O5/c1-11(2)16(24-10-20)19-15(21)14(18-17(19)22)8-7-12-5-4-6-13(9-12)23-3/h4-6,9,11,14,16,20H,7-8,10H2,1-3H3,(H,18,22)/t14-,16-/m0/s1. The number of aliphatic hydroxyl groups is 1. The molecule has 24 heavy (non-hydrogen) atoms. The fourth-order valence-electron chi connectivity index (χ4n) is 2.77. The summed E-state index contributed by atoms with van der Waals surface area (Å²) in [5, 5.41) is 11.7. The fourth-order valence-corrected chi connectivity index (χ4v) is 2.77. The van der Waals surface area contributed by atoms with Gasteiger partial charge in [0, 0.05) is 0 Å². The van der Waals surface area contributed by atoms with Crippen LogP contribution in [0.25, 0.3) is 0 Å². The van der Waals surface area contributed by atoms with Crippen molar-refractivity contribution in [1.82, 2.24) is 10.2 Å². The normalized spacial score (nSPS) is 18.9. The van der Waals surface area contributed by atoms with E-state index in [4.69, 9.17) is 14.6 Å². The van der Waals surface area contributed by atoms with Gasteiger partial charge in [-0.3, -0.25) is 4.79 Å². The van der Waals surface area contributed by atoms with Crippen LogP contribution in [0, 0.1) is 5.92 Å². The van der Waals surface area contributed by atoms with Gasteiger partial charge in [-0.2, -0.15) is 0 Å². The SMILES string of the molecule is COc1cccc(CC[C@@H]2NC(=O)N([C@@H](OCO)C(C)C)C2=O)c1. The van der Waals surface area contributed by atoms with Gasteiger partial charge >= 0.3 is 6.03 Å². The molecule has 1 saturated heterocycles. The predicted molar refractivity (Wildman–Crippen MR) is 87.3 cm³/mol. The Hall–Kier alpha value is -2.12. The van der Waals surface area contributed by atoms with E-state index >= 15 is 0 Å². The maximum absolute atomic E-state index is 12.5. The largest absolute Gasteiger partial charge is 0.497 e. The zero-order valence-electron chi connectivity index (χ0n) is 14.2. The van der Waals surface area contributed by atoms with Crippen LogP contribution in [0.2, 0.25) is 0 Å². The minimum Gasteiger partial charge on any atom is -0.497 e. The van der Waals surface area contributed by atoms with Gasteiger partial charge in [0.15, 0.2) is 0 Å². The van der Waals surface area contributed by atoms with E-state index in [1.807, 2.05) is 38.1 Å². The van der Waals surface area contributed by atoms with Crippen molar-refractivity contribution in [3.63, 3.8) is 0 Å². The number of methoxy groups -OCH3 is 1. The maximum atomic E-state index is 12.5. The van der Waals surface area contributed by atoms with Crippen LogP contribution in [0.5, 0.6) is 5.75 Å². The van der Waals surface area contributed by atoms with Gasteiger partial charge in [-0.15, -0.1) is 0 Å². The lowest BCUT2D eigenvalue weighted by Gasteiger charge is -2.27. The number of carbonyl (C=O) groups is 2. The van der Waals surface area contributed by atoms with Crippen LogP contribution in [-0.2, 0) is 16.0 Å². The molecular formula is C17H24N2O5. The highest BCUT2D eigenvalue weighted by molar-refractivity contribution is 6.04. The Morgan fingerprint density at radius 3 is 2.71 bits per heavy atom. The van der Waals surface area contributed by atoms with E-state index in [0.717, 1.165) is 16.2 Å². The number of hydrogen-bond acceptors (Lipinski definition) is 5. The molecule has 1 aliphatic rings. The number of nitrogens with one attached hydrogen (secondary N) is 1. The molecule has 0 aromatic heterocycles. The summed E-state index contributed by atoms with van der Waals surface area (Å²) < 4.78 is 10.3. The third-order valence-corrected chi connectivity index (χ3v) is 3.98. The number of aliphatic hydroxyl groups excluding tert-OH is 1. The van der Waals surface area contributed by atoms with E-state index in [0.29, 0.717) is 12.8 Å². The van der Waals surface area contributed by atoms with E-state index in [-0.39, 0.29) is 11.8 Å². The number of amides is 3. The number of urea groups is 1. The molecule has 1 heterocycles. The Labute approximate surface area is 141 Å². The smallest absolute Gasteiger partial charge is 0.326 e. The molecule has 132 valence electrons. The van der Waals surface area contributed by atoms with E-state index in [1.165, 1.54) is 0 Å². The summed E-state index contributed by atoms with van der Waals surface area (Å²) in [6, 6.07) is 6.53. The molecule has 0 bridgehead atoms. The van der Waals surface area contributed by atoms with Gasteiger partial charge in [0.25, 0.3) is 5.91 Å². The molecule has 0 aliphatic carbocycles. The highest BCUT2D eigenvalue weighted by atomic mass is 16.6. The summed E-state index contributed by atoms with van der Waals surface area (Å²) in [6.07, 6.45) is 0.344. The molecule has 2 N–H and O–H groups in total. The van der Waals surface area contributed by atoms with Crippen LogP contribution in [-0.4, -0.2) is 48.1 Å². The summed E-state index contributed by atoms with van der Waals surface area (Å²) >= 11 is 0. The van der Waals surface area contributed by atoms with Crippen LogP contribution >= 0.6 is 0 Å².